The molecule has 6 heteroatoms. The third kappa shape index (κ3) is 3.49. The number of benzene rings is 1. The van der Waals surface area contributed by atoms with E-state index in [0.717, 1.165) is 0 Å². The molecule has 0 aliphatic heterocycles. The highest BCUT2D eigenvalue weighted by molar-refractivity contribution is 6.42. The lowest BCUT2D eigenvalue weighted by atomic mass is 10.1. The molecule has 0 unspecified atom stereocenters. The Morgan fingerprint density at radius 3 is 2.53 bits per heavy atom. The second-order valence-electron chi connectivity index (χ2n) is 2.86. The van der Waals surface area contributed by atoms with E-state index in [-0.39, 0.29) is 23.8 Å². The van der Waals surface area contributed by atoms with E-state index >= 15 is 0 Å². The van der Waals surface area contributed by atoms with Crippen LogP contribution in [-0.4, -0.2) is 17.3 Å². The molecule has 0 spiro atoms. The first-order valence-corrected chi connectivity index (χ1v) is 4.86. The maximum Gasteiger partial charge on any atom is 0.211 e. The molecule has 1 rings (SSSR count). The third-order valence-electron chi connectivity index (χ3n) is 1.76. The number of rotatable bonds is 4. The molecule has 0 aliphatic carbocycles. The van der Waals surface area contributed by atoms with Gasteiger partial charge in [0.25, 0.3) is 0 Å². The third-order valence-corrected chi connectivity index (χ3v) is 2.50. The van der Waals surface area contributed by atoms with Gasteiger partial charge in [0.1, 0.15) is 0 Å². The Bertz CT molecular complexity index is 406. The number of nitro groups is 1. The maximum absolute atomic E-state index is 11.4. The number of carbonyl (C=O) groups is 1. The van der Waals surface area contributed by atoms with Gasteiger partial charge in [0.05, 0.1) is 16.5 Å². The van der Waals surface area contributed by atoms with Crippen molar-refractivity contribution in [2.75, 3.05) is 6.54 Å². The summed E-state index contributed by atoms with van der Waals surface area (Å²) in [7, 11) is 0. The number of hydrogen-bond donors (Lipinski definition) is 0. The highest BCUT2D eigenvalue weighted by Crippen LogP contribution is 2.23. The van der Waals surface area contributed by atoms with Gasteiger partial charge in [-0.2, -0.15) is 0 Å². The summed E-state index contributed by atoms with van der Waals surface area (Å²) in [5.74, 6) is -0.315. The molecule has 15 heavy (non-hydrogen) atoms. The van der Waals surface area contributed by atoms with Gasteiger partial charge in [-0.05, 0) is 18.2 Å². The minimum Gasteiger partial charge on any atom is -0.294 e. The Morgan fingerprint density at radius 2 is 2.00 bits per heavy atom. The summed E-state index contributed by atoms with van der Waals surface area (Å²) < 4.78 is 0. The molecule has 0 saturated carbocycles. The van der Waals surface area contributed by atoms with Gasteiger partial charge in [0, 0.05) is 10.5 Å². The zero-order chi connectivity index (χ0) is 11.4. The van der Waals surface area contributed by atoms with Crippen LogP contribution in [0.5, 0.6) is 0 Å². The fraction of sp³-hybridized carbons (Fsp3) is 0.222. The van der Waals surface area contributed by atoms with Gasteiger partial charge < -0.3 is 0 Å². The molecule has 0 radical (unpaired) electrons. The summed E-state index contributed by atoms with van der Waals surface area (Å²) in [6.45, 7) is -0.376. The van der Waals surface area contributed by atoms with Crippen molar-refractivity contribution in [3.63, 3.8) is 0 Å². The first-order valence-electron chi connectivity index (χ1n) is 4.11. The van der Waals surface area contributed by atoms with Gasteiger partial charge in [-0.15, -0.1) is 0 Å². The van der Waals surface area contributed by atoms with Crippen LogP contribution < -0.4 is 0 Å². The Labute approximate surface area is 95.9 Å². The Morgan fingerprint density at radius 1 is 1.33 bits per heavy atom. The molecule has 0 aromatic heterocycles. The predicted octanol–water partition coefficient (Wildman–Crippen LogP) is 2.84. The minimum atomic E-state index is -0.532. The van der Waals surface area contributed by atoms with Gasteiger partial charge in [0.2, 0.25) is 6.54 Å². The highest BCUT2D eigenvalue weighted by Gasteiger charge is 2.10. The summed E-state index contributed by atoms with van der Waals surface area (Å²) in [5.41, 5.74) is 0.339. The molecular formula is C9H7Cl2NO3. The van der Waals surface area contributed by atoms with Gasteiger partial charge in [0.15, 0.2) is 5.78 Å². The summed E-state index contributed by atoms with van der Waals surface area (Å²) in [6.07, 6.45) is -0.134. The summed E-state index contributed by atoms with van der Waals surface area (Å²) in [6, 6.07) is 4.39. The lowest BCUT2D eigenvalue weighted by Crippen LogP contribution is -2.08. The van der Waals surface area contributed by atoms with Crippen molar-refractivity contribution in [3.8, 4) is 0 Å². The van der Waals surface area contributed by atoms with Crippen LogP contribution in [0.3, 0.4) is 0 Å². The van der Waals surface area contributed by atoms with Crippen molar-refractivity contribution in [1.29, 1.82) is 0 Å². The number of ketones is 1. The fourth-order valence-corrected chi connectivity index (χ4v) is 1.30. The normalized spacial score (nSPS) is 10.0. The summed E-state index contributed by atoms with van der Waals surface area (Å²) in [5, 5.41) is 10.7. The summed E-state index contributed by atoms with van der Waals surface area (Å²) in [4.78, 5) is 20.9. The van der Waals surface area contributed by atoms with Gasteiger partial charge in [-0.3, -0.25) is 14.9 Å². The number of hydrogen-bond acceptors (Lipinski definition) is 3. The molecule has 80 valence electrons. The van der Waals surface area contributed by atoms with E-state index in [1.165, 1.54) is 18.2 Å². The molecule has 0 saturated heterocycles. The average molecular weight is 248 g/mol. The zero-order valence-corrected chi connectivity index (χ0v) is 9.09. The second kappa shape index (κ2) is 5.09. The molecule has 1 aromatic rings. The van der Waals surface area contributed by atoms with Crippen molar-refractivity contribution in [1.82, 2.24) is 0 Å². The minimum absolute atomic E-state index is 0.134. The van der Waals surface area contributed by atoms with Crippen LogP contribution in [0.4, 0.5) is 0 Å². The molecule has 0 heterocycles. The standard InChI is InChI=1S/C9H7Cl2NO3/c10-7-2-1-6(5-8(7)11)9(13)3-4-12(14)15/h1-2,5H,3-4H2. The van der Waals surface area contributed by atoms with E-state index in [0.29, 0.717) is 10.6 Å². The van der Waals surface area contributed by atoms with Crippen molar-refractivity contribution < 1.29 is 9.72 Å². The quantitative estimate of drug-likeness (QED) is 0.467. The topological polar surface area (TPSA) is 60.2 Å². The lowest BCUT2D eigenvalue weighted by molar-refractivity contribution is -0.478. The van der Waals surface area contributed by atoms with Crippen molar-refractivity contribution in [2.24, 2.45) is 0 Å². The summed E-state index contributed by atoms with van der Waals surface area (Å²) >= 11 is 11.4. The Kier molecular flexibility index (Phi) is 4.05. The largest absolute Gasteiger partial charge is 0.294 e. The van der Waals surface area contributed by atoms with Crippen LogP contribution in [-0.2, 0) is 0 Å². The molecule has 0 amide bonds. The highest BCUT2D eigenvalue weighted by atomic mass is 35.5. The number of halogens is 2. The predicted molar refractivity (Wildman–Crippen MR) is 57.3 cm³/mol. The van der Waals surface area contributed by atoms with Crippen molar-refractivity contribution in [3.05, 3.63) is 43.9 Å². The first-order chi connectivity index (χ1) is 7.00. The second-order valence-corrected chi connectivity index (χ2v) is 3.67. The SMILES string of the molecule is O=C(CC[N+](=O)[O-])c1ccc(Cl)c(Cl)c1. The molecule has 0 atom stereocenters. The number of Topliss-reactive ketones (excluding diaryl/α,β-unsaturated/α-hetero) is 1. The Balaban J connectivity index is 2.74. The van der Waals surface area contributed by atoms with E-state index < -0.39 is 4.92 Å². The number of nitrogens with zero attached hydrogens (tertiary/aromatic N) is 1. The molecule has 0 bridgehead atoms. The zero-order valence-electron chi connectivity index (χ0n) is 7.57. The molecule has 0 fully saturated rings. The average Bonchev–Trinajstić information content (AvgIpc) is 2.18. The van der Waals surface area contributed by atoms with E-state index in [9.17, 15) is 14.9 Å². The first kappa shape index (κ1) is 11.9. The van der Waals surface area contributed by atoms with Gasteiger partial charge in [-0.1, -0.05) is 23.2 Å². The van der Waals surface area contributed by atoms with Crippen LogP contribution in [0.25, 0.3) is 0 Å². The molecule has 0 N–H and O–H groups in total. The van der Waals surface area contributed by atoms with Crippen LogP contribution in [0, 0.1) is 10.1 Å². The molecule has 4 nitrogen and oxygen atoms in total. The molecular weight excluding hydrogens is 241 g/mol. The van der Waals surface area contributed by atoms with Crippen LogP contribution in [0.1, 0.15) is 16.8 Å². The number of carbonyl (C=O) groups excluding carboxylic acids is 1. The van der Waals surface area contributed by atoms with E-state index in [1.54, 1.807) is 0 Å². The van der Waals surface area contributed by atoms with Crippen molar-refractivity contribution >= 4 is 29.0 Å². The van der Waals surface area contributed by atoms with E-state index in [1.807, 2.05) is 0 Å². The van der Waals surface area contributed by atoms with Crippen LogP contribution >= 0.6 is 23.2 Å². The van der Waals surface area contributed by atoms with Gasteiger partial charge >= 0.3 is 0 Å². The van der Waals surface area contributed by atoms with E-state index in [4.69, 9.17) is 23.2 Å². The Hall–Kier alpha value is -1.13. The molecule has 0 aliphatic rings. The smallest absolute Gasteiger partial charge is 0.211 e. The van der Waals surface area contributed by atoms with Crippen molar-refractivity contribution in [2.45, 2.75) is 6.42 Å². The monoisotopic (exact) mass is 247 g/mol. The molecule has 1 aromatic carbocycles. The van der Waals surface area contributed by atoms with E-state index in [2.05, 4.69) is 0 Å². The van der Waals surface area contributed by atoms with Crippen LogP contribution in [0.2, 0.25) is 10.0 Å². The maximum atomic E-state index is 11.4. The fourth-order valence-electron chi connectivity index (χ4n) is 1.01. The van der Waals surface area contributed by atoms with Gasteiger partial charge in [-0.25, -0.2) is 0 Å². The lowest BCUT2D eigenvalue weighted by Gasteiger charge is -2.00. The van der Waals surface area contributed by atoms with Crippen LogP contribution in [0.15, 0.2) is 18.2 Å².